The van der Waals surface area contributed by atoms with E-state index in [-0.39, 0.29) is 5.60 Å². The predicted molar refractivity (Wildman–Crippen MR) is 61.7 cm³/mol. The third-order valence-electron chi connectivity index (χ3n) is 2.30. The Morgan fingerprint density at radius 1 is 1.29 bits per heavy atom. The summed E-state index contributed by atoms with van der Waals surface area (Å²) in [6, 6.07) is 0. The molecule has 1 fully saturated rings. The fraction of sp³-hybridized carbons (Fsp3) is 1.00. The third-order valence-corrected chi connectivity index (χ3v) is 3.41. The van der Waals surface area contributed by atoms with Crippen molar-refractivity contribution in [1.29, 1.82) is 0 Å². The molecular formula is C11H22O2S. The maximum absolute atomic E-state index is 5.88. The molecule has 1 aliphatic heterocycles. The zero-order chi connectivity index (χ0) is 10.8. The Morgan fingerprint density at radius 3 is 2.36 bits per heavy atom. The highest BCUT2D eigenvalue weighted by Gasteiger charge is 2.41. The van der Waals surface area contributed by atoms with Gasteiger partial charge in [0.1, 0.15) is 0 Å². The molecule has 2 nitrogen and oxygen atoms in total. The molecule has 0 bridgehead atoms. The Hall–Kier alpha value is 0.270. The summed E-state index contributed by atoms with van der Waals surface area (Å²) in [4.78, 5) is 0. The number of thioether (sulfide) groups is 1. The lowest BCUT2D eigenvalue weighted by Gasteiger charge is -2.25. The van der Waals surface area contributed by atoms with Crippen molar-refractivity contribution in [3.05, 3.63) is 0 Å². The SMILES string of the molecule is CC(C)SCC[C@@]1(C)COC(C)(C)O1. The third kappa shape index (κ3) is 3.79. The van der Waals surface area contributed by atoms with Crippen molar-refractivity contribution in [3.8, 4) is 0 Å². The van der Waals surface area contributed by atoms with E-state index in [1.807, 2.05) is 25.6 Å². The molecule has 0 aromatic heterocycles. The number of ether oxygens (including phenoxy) is 2. The second kappa shape index (κ2) is 4.42. The first kappa shape index (κ1) is 12.3. The van der Waals surface area contributed by atoms with E-state index in [0.717, 1.165) is 18.8 Å². The molecule has 0 saturated carbocycles. The van der Waals surface area contributed by atoms with Gasteiger partial charge in [-0.05, 0) is 38.2 Å². The molecule has 0 aliphatic carbocycles. The van der Waals surface area contributed by atoms with E-state index in [4.69, 9.17) is 9.47 Å². The van der Waals surface area contributed by atoms with Crippen molar-refractivity contribution in [2.24, 2.45) is 0 Å². The molecule has 1 heterocycles. The van der Waals surface area contributed by atoms with Crippen LogP contribution in [0.2, 0.25) is 0 Å². The molecule has 3 heteroatoms. The minimum atomic E-state index is -0.392. The molecule has 0 amide bonds. The van der Waals surface area contributed by atoms with E-state index in [1.165, 1.54) is 0 Å². The van der Waals surface area contributed by atoms with Gasteiger partial charge in [0, 0.05) is 0 Å². The van der Waals surface area contributed by atoms with Crippen molar-refractivity contribution in [2.45, 2.75) is 57.7 Å². The average Bonchev–Trinajstić information content (AvgIpc) is 2.25. The Labute approximate surface area is 91.7 Å². The molecule has 1 aliphatic rings. The molecule has 0 N–H and O–H groups in total. The van der Waals surface area contributed by atoms with Gasteiger partial charge in [-0.1, -0.05) is 13.8 Å². The first-order chi connectivity index (χ1) is 6.33. The standard InChI is InChI=1S/C11H22O2S/c1-9(2)14-7-6-11(5)8-12-10(3,4)13-11/h9H,6-8H2,1-5H3/t11-/m0/s1. The zero-order valence-corrected chi connectivity index (χ0v) is 10.7. The van der Waals surface area contributed by atoms with Crippen LogP contribution in [-0.4, -0.2) is 29.0 Å². The van der Waals surface area contributed by atoms with E-state index in [9.17, 15) is 0 Å². The van der Waals surface area contributed by atoms with Crippen molar-refractivity contribution in [1.82, 2.24) is 0 Å². The molecule has 14 heavy (non-hydrogen) atoms. The first-order valence-electron chi connectivity index (χ1n) is 5.29. The molecule has 0 aromatic carbocycles. The van der Waals surface area contributed by atoms with Crippen LogP contribution < -0.4 is 0 Å². The lowest BCUT2D eigenvalue weighted by molar-refractivity contribution is -0.157. The Morgan fingerprint density at radius 2 is 1.93 bits per heavy atom. The van der Waals surface area contributed by atoms with Crippen LogP contribution in [0.4, 0.5) is 0 Å². The van der Waals surface area contributed by atoms with Crippen LogP contribution in [0.1, 0.15) is 41.0 Å². The highest BCUT2D eigenvalue weighted by atomic mass is 32.2. The van der Waals surface area contributed by atoms with Gasteiger partial charge in [0.05, 0.1) is 12.2 Å². The molecule has 0 aromatic rings. The molecule has 0 unspecified atom stereocenters. The monoisotopic (exact) mass is 218 g/mol. The molecule has 1 atom stereocenters. The van der Waals surface area contributed by atoms with E-state index < -0.39 is 5.79 Å². The van der Waals surface area contributed by atoms with Crippen LogP contribution in [0.3, 0.4) is 0 Å². The minimum absolute atomic E-state index is 0.0780. The van der Waals surface area contributed by atoms with Gasteiger partial charge in [-0.2, -0.15) is 11.8 Å². The van der Waals surface area contributed by atoms with Crippen LogP contribution in [-0.2, 0) is 9.47 Å². The van der Waals surface area contributed by atoms with E-state index in [2.05, 4.69) is 20.8 Å². The average molecular weight is 218 g/mol. The van der Waals surface area contributed by atoms with Gasteiger partial charge >= 0.3 is 0 Å². The minimum Gasteiger partial charge on any atom is -0.348 e. The van der Waals surface area contributed by atoms with Gasteiger partial charge in [-0.15, -0.1) is 0 Å². The van der Waals surface area contributed by atoms with E-state index in [1.54, 1.807) is 0 Å². The van der Waals surface area contributed by atoms with Gasteiger partial charge in [0.2, 0.25) is 0 Å². The van der Waals surface area contributed by atoms with Crippen LogP contribution >= 0.6 is 11.8 Å². The summed E-state index contributed by atoms with van der Waals surface area (Å²) in [6.45, 7) is 11.3. The van der Waals surface area contributed by atoms with Crippen molar-refractivity contribution in [3.63, 3.8) is 0 Å². The van der Waals surface area contributed by atoms with Gasteiger partial charge < -0.3 is 9.47 Å². The van der Waals surface area contributed by atoms with Gasteiger partial charge in [0.15, 0.2) is 5.79 Å². The summed E-state index contributed by atoms with van der Waals surface area (Å²) in [5.41, 5.74) is -0.0780. The largest absolute Gasteiger partial charge is 0.348 e. The fourth-order valence-corrected chi connectivity index (χ4v) is 2.63. The second-order valence-electron chi connectivity index (χ2n) is 4.91. The molecule has 1 saturated heterocycles. The van der Waals surface area contributed by atoms with Crippen molar-refractivity contribution < 1.29 is 9.47 Å². The van der Waals surface area contributed by atoms with Gasteiger partial charge in [-0.3, -0.25) is 0 Å². The predicted octanol–water partition coefficient (Wildman–Crippen LogP) is 3.06. The van der Waals surface area contributed by atoms with Crippen LogP contribution in [0, 0.1) is 0 Å². The summed E-state index contributed by atoms with van der Waals surface area (Å²) in [7, 11) is 0. The summed E-state index contributed by atoms with van der Waals surface area (Å²) < 4.78 is 11.5. The summed E-state index contributed by atoms with van der Waals surface area (Å²) in [6.07, 6.45) is 1.07. The number of rotatable bonds is 4. The number of hydrogen-bond donors (Lipinski definition) is 0. The first-order valence-corrected chi connectivity index (χ1v) is 6.34. The van der Waals surface area contributed by atoms with Crippen molar-refractivity contribution >= 4 is 11.8 Å². The maximum Gasteiger partial charge on any atom is 0.163 e. The lowest BCUT2D eigenvalue weighted by atomic mass is 10.1. The number of hydrogen-bond acceptors (Lipinski definition) is 3. The normalized spacial score (nSPS) is 31.3. The second-order valence-corrected chi connectivity index (χ2v) is 6.59. The summed E-state index contributed by atoms with van der Waals surface area (Å²) in [5, 5.41) is 0.703. The quantitative estimate of drug-likeness (QED) is 0.722. The van der Waals surface area contributed by atoms with E-state index >= 15 is 0 Å². The Kier molecular flexibility index (Phi) is 3.89. The Balaban J connectivity index is 2.30. The van der Waals surface area contributed by atoms with Gasteiger partial charge in [-0.25, -0.2) is 0 Å². The Bertz CT molecular complexity index is 192. The van der Waals surface area contributed by atoms with E-state index in [0.29, 0.717) is 5.25 Å². The topological polar surface area (TPSA) is 18.5 Å². The van der Waals surface area contributed by atoms with Crippen LogP contribution in [0.25, 0.3) is 0 Å². The molecule has 0 radical (unpaired) electrons. The van der Waals surface area contributed by atoms with Gasteiger partial charge in [0.25, 0.3) is 0 Å². The zero-order valence-electron chi connectivity index (χ0n) is 9.92. The molecule has 0 spiro atoms. The molecule has 84 valence electrons. The molecular weight excluding hydrogens is 196 g/mol. The highest BCUT2D eigenvalue weighted by Crippen LogP contribution is 2.34. The fourth-order valence-electron chi connectivity index (χ4n) is 1.61. The summed E-state index contributed by atoms with van der Waals surface area (Å²) in [5.74, 6) is 0.755. The highest BCUT2D eigenvalue weighted by molar-refractivity contribution is 7.99. The summed E-state index contributed by atoms with van der Waals surface area (Å²) >= 11 is 1.98. The maximum atomic E-state index is 5.88. The van der Waals surface area contributed by atoms with Crippen molar-refractivity contribution in [2.75, 3.05) is 12.4 Å². The lowest BCUT2D eigenvalue weighted by Crippen LogP contribution is -2.31. The van der Waals surface area contributed by atoms with Crippen LogP contribution in [0.5, 0.6) is 0 Å². The molecule has 1 rings (SSSR count). The smallest absolute Gasteiger partial charge is 0.163 e. The van der Waals surface area contributed by atoms with Crippen LogP contribution in [0.15, 0.2) is 0 Å².